The SMILES string of the molecule is Cn1c2ccccc2c2c(-n3c4ccccc4c4cc(-n5c6ccccc6c6ccccc65)ccc43)cccc21. The predicted molar refractivity (Wildman–Crippen MR) is 169 cm³/mol. The van der Waals surface area contributed by atoms with Crippen LogP contribution in [0.1, 0.15) is 0 Å². The molecule has 0 aliphatic heterocycles. The summed E-state index contributed by atoms with van der Waals surface area (Å²) in [5.41, 5.74) is 9.77. The van der Waals surface area contributed by atoms with E-state index < -0.39 is 0 Å². The van der Waals surface area contributed by atoms with Crippen molar-refractivity contribution in [2.75, 3.05) is 0 Å². The number of hydrogen-bond acceptors (Lipinski definition) is 0. The lowest BCUT2D eigenvalue weighted by Crippen LogP contribution is -1.96. The van der Waals surface area contributed by atoms with Crippen molar-refractivity contribution in [1.29, 1.82) is 0 Å². The minimum atomic E-state index is 1.18. The summed E-state index contributed by atoms with van der Waals surface area (Å²) in [6.07, 6.45) is 0. The lowest BCUT2D eigenvalue weighted by atomic mass is 10.1. The van der Waals surface area contributed by atoms with Gasteiger partial charge < -0.3 is 13.7 Å². The van der Waals surface area contributed by atoms with Gasteiger partial charge in [-0.2, -0.15) is 0 Å². The van der Waals surface area contributed by atoms with Crippen molar-refractivity contribution in [3.05, 3.63) is 133 Å². The van der Waals surface area contributed by atoms with Gasteiger partial charge in [0.15, 0.2) is 0 Å². The molecule has 0 atom stereocenters. The zero-order valence-corrected chi connectivity index (χ0v) is 22.0. The highest BCUT2D eigenvalue weighted by Gasteiger charge is 2.19. The zero-order valence-electron chi connectivity index (χ0n) is 22.0. The molecule has 0 fully saturated rings. The molecule has 3 nitrogen and oxygen atoms in total. The first-order valence-corrected chi connectivity index (χ1v) is 13.8. The van der Waals surface area contributed by atoms with Gasteiger partial charge in [-0.1, -0.05) is 78.9 Å². The van der Waals surface area contributed by atoms with E-state index in [9.17, 15) is 0 Å². The van der Waals surface area contributed by atoms with Crippen molar-refractivity contribution in [1.82, 2.24) is 13.7 Å². The molecule has 0 saturated heterocycles. The van der Waals surface area contributed by atoms with Gasteiger partial charge in [-0.05, 0) is 54.6 Å². The smallest absolute Gasteiger partial charge is 0.0562 e. The van der Waals surface area contributed by atoms with Crippen molar-refractivity contribution in [2.45, 2.75) is 0 Å². The summed E-state index contributed by atoms with van der Waals surface area (Å²) in [6.45, 7) is 0. The third kappa shape index (κ3) is 2.73. The molecule has 188 valence electrons. The fraction of sp³-hybridized carbons (Fsp3) is 0.0270. The highest BCUT2D eigenvalue weighted by molar-refractivity contribution is 6.16. The second-order valence-electron chi connectivity index (χ2n) is 10.7. The first-order chi connectivity index (χ1) is 19.8. The van der Waals surface area contributed by atoms with E-state index in [1.54, 1.807) is 0 Å². The van der Waals surface area contributed by atoms with Crippen molar-refractivity contribution >= 4 is 65.4 Å². The van der Waals surface area contributed by atoms with Gasteiger partial charge in [0, 0.05) is 50.6 Å². The Morgan fingerprint density at radius 1 is 0.375 bits per heavy atom. The van der Waals surface area contributed by atoms with Crippen molar-refractivity contribution in [2.24, 2.45) is 7.05 Å². The third-order valence-electron chi connectivity index (χ3n) is 8.65. The minimum absolute atomic E-state index is 1.18. The van der Waals surface area contributed by atoms with Gasteiger partial charge in [0.25, 0.3) is 0 Å². The summed E-state index contributed by atoms with van der Waals surface area (Å²) < 4.78 is 7.17. The van der Waals surface area contributed by atoms with Gasteiger partial charge in [0.2, 0.25) is 0 Å². The average molecular weight is 512 g/mol. The first-order valence-electron chi connectivity index (χ1n) is 13.8. The van der Waals surface area contributed by atoms with Crippen LogP contribution in [0, 0.1) is 0 Å². The predicted octanol–water partition coefficient (Wildman–Crippen LogP) is 9.53. The van der Waals surface area contributed by atoms with Crippen LogP contribution in [0.5, 0.6) is 0 Å². The van der Waals surface area contributed by atoms with E-state index >= 15 is 0 Å². The topological polar surface area (TPSA) is 14.8 Å². The normalized spacial score (nSPS) is 12.1. The molecule has 3 aromatic heterocycles. The lowest BCUT2D eigenvalue weighted by molar-refractivity contribution is 1.01. The second-order valence-corrected chi connectivity index (χ2v) is 10.7. The number of nitrogens with zero attached hydrogens (tertiary/aromatic N) is 3. The molecule has 0 radical (unpaired) electrons. The van der Waals surface area contributed by atoms with Gasteiger partial charge in [-0.15, -0.1) is 0 Å². The second kappa shape index (κ2) is 7.87. The molecular weight excluding hydrogens is 486 g/mol. The van der Waals surface area contributed by atoms with Crippen LogP contribution in [0.4, 0.5) is 0 Å². The number of hydrogen-bond donors (Lipinski definition) is 0. The highest BCUT2D eigenvalue weighted by Crippen LogP contribution is 2.40. The molecule has 40 heavy (non-hydrogen) atoms. The number of aromatic nitrogens is 3. The summed E-state index contributed by atoms with van der Waals surface area (Å²) in [4.78, 5) is 0. The van der Waals surface area contributed by atoms with Crippen molar-refractivity contribution < 1.29 is 0 Å². The lowest BCUT2D eigenvalue weighted by Gasteiger charge is -2.12. The maximum atomic E-state index is 2.45. The highest BCUT2D eigenvalue weighted by atomic mass is 15.0. The molecule has 9 rings (SSSR count). The van der Waals surface area contributed by atoms with Crippen LogP contribution in [0.15, 0.2) is 133 Å². The maximum Gasteiger partial charge on any atom is 0.0562 e. The fourth-order valence-corrected chi connectivity index (χ4v) is 6.94. The summed E-state index contributed by atoms with van der Waals surface area (Å²) in [5, 5.41) is 7.65. The Bertz CT molecular complexity index is 2390. The van der Waals surface area contributed by atoms with Crippen LogP contribution in [0.25, 0.3) is 76.8 Å². The molecule has 0 aliphatic carbocycles. The van der Waals surface area contributed by atoms with Crippen molar-refractivity contribution in [3.63, 3.8) is 0 Å². The number of rotatable bonds is 2. The van der Waals surface area contributed by atoms with E-state index in [1.165, 1.54) is 76.8 Å². The monoisotopic (exact) mass is 511 g/mol. The number of aryl methyl sites for hydroxylation is 1. The van der Waals surface area contributed by atoms with E-state index in [0.717, 1.165) is 0 Å². The Labute approximate surface area is 230 Å². The Balaban J connectivity index is 1.40. The standard InChI is InChI=1S/C37H25N3/c1-38-30-15-6-5-14-28(30)37-35(38)19-10-20-36(37)40-33-18-9-4-13-27(33)29-23-24(21-22-34(29)40)39-31-16-7-2-11-25(31)26-12-3-8-17-32(26)39/h2-23H,1H3. The summed E-state index contributed by atoms with van der Waals surface area (Å²) >= 11 is 0. The number of benzene rings is 6. The van der Waals surface area contributed by atoms with Gasteiger partial charge in [0.05, 0.1) is 33.3 Å². The van der Waals surface area contributed by atoms with Gasteiger partial charge >= 0.3 is 0 Å². The number of fused-ring (bicyclic) bond motifs is 9. The number of para-hydroxylation sites is 4. The summed E-state index contributed by atoms with van der Waals surface area (Å²) in [5.74, 6) is 0. The quantitative estimate of drug-likeness (QED) is 0.219. The first kappa shape index (κ1) is 21.6. The van der Waals surface area contributed by atoms with Crippen molar-refractivity contribution in [3.8, 4) is 11.4 Å². The van der Waals surface area contributed by atoms with Crippen LogP contribution < -0.4 is 0 Å². The molecule has 3 heteroatoms. The molecule has 0 aliphatic rings. The largest absolute Gasteiger partial charge is 0.344 e. The molecule has 0 N–H and O–H groups in total. The molecule has 3 heterocycles. The van der Waals surface area contributed by atoms with Crippen LogP contribution in [0.2, 0.25) is 0 Å². The summed E-state index contributed by atoms with van der Waals surface area (Å²) in [6, 6.07) is 48.6. The Kier molecular flexibility index (Phi) is 4.26. The van der Waals surface area contributed by atoms with E-state index in [2.05, 4.69) is 154 Å². The Morgan fingerprint density at radius 3 is 1.55 bits per heavy atom. The summed E-state index contributed by atoms with van der Waals surface area (Å²) in [7, 11) is 2.17. The average Bonchev–Trinajstić information content (AvgIpc) is 3.63. The van der Waals surface area contributed by atoms with E-state index in [-0.39, 0.29) is 0 Å². The van der Waals surface area contributed by atoms with Gasteiger partial charge in [0.1, 0.15) is 0 Å². The van der Waals surface area contributed by atoms with Gasteiger partial charge in [-0.3, -0.25) is 0 Å². The molecule has 9 aromatic rings. The van der Waals surface area contributed by atoms with Gasteiger partial charge in [-0.25, -0.2) is 0 Å². The molecule has 0 spiro atoms. The molecular formula is C37H25N3. The zero-order chi connectivity index (χ0) is 26.4. The fourth-order valence-electron chi connectivity index (χ4n) is 6.94. The van der Waals surface area contributed by atoms with E-state index in [0.29, 0.717) is 0 Å². The van der Waals surface area contributed by atoms with Crippen LogP contribution in [-0.2, 0) is 7.05 Å². The molecule has 0 saturated carbocycles. The molecule has 0 unspecified atom stereocenters. The van der Waals surface area contributed by atoms with E-state index in [4.69, 9.17) is 0 Å². The van der Waals surface area contributed by atoms with Crippen LogP contribution >= 0.6 is 0 Å². The molecule has 6 aromatic carbocycles. The third-order valence-corrected chi connectivity index (χ3v) is 8.65. The molecule has 0 amide bonds. The maximum absolute atomic E-state index is 2.45. The van der Waals surface area contributed by atoms with E-state index in [1.807, 2.05) is 0 Å². The Hall–Kier alpha value is -5.28. The van der Waals surface area contributed by atoms with Crippen LogP contribution in [0.3, 0.4) is 0 Å². The molecule has 0 bridgehead atoms. The Morgan fingerprint density at radius 2 is 0.875 bits per heavy atom. The minimum Gasteiger partial charge on any atom is -0.344 e. The van der Waals surface area contributed by atoms with Crippen LogP contribution in [-0.4, -0.2) is 13.7 Å².